The monoisotopic (exact) mass is 680 g/mol. The van der Waals surface area contributed by atoms with Gasteiger partial charge in [0.25, 0.3) is 0 Å². The van der Waals surface area contributed by atoms with Gasteiger partial charge in [-0.15, -0.1) is 0 Å². The fraction of sp³-hybridized carbons (Fsp3) is 0.184. The molecule has 0 radical (unpaired) electrons. The van der Waals surface area contributed by atoms with Crippen LogP contribution < -0.4 is 10.6 Å². The third kappa shape index (κ3) is 6.82. The van der Waals surface area contributed by atoms with E-state index < -0.39 is 0 Å². The molecule has 0 bridgehead atoms. The summed E-state index contributed by atoms with van der Waals surface area (Å²) in [5, 5.41) is 7.38. The van der Waals surface area contributed by atoms with Crippen LogP contribution in [0.25, 0.3) is 33.4 Å². The average molecular weight is 681 g/mol. The summed E-state index contributed by atoms with van der Waals surface area (Å²) in [6, 6.07) is 47.7. The first kappa shape index (κ1) is 33.8. The van der Waals surface area contributed by atoms with Crippen LogP contribution in [-0.2, 0) is 12.8 Å². The predicted octanol–water partition coefficient (Wildman–Crippen LogP) is 11.4. The van der Waals surface area contributed by atoms with Crippen molar-refractivity contribution in [1.82, 2.24) is 10.6 Å². The Hall–Kier alpha value is -5.35. The molecule has 0 spiro atoms. The van der Waals surface area contributed by atoms with E-state index in [1.807, 2.05) is 12.1 Å². The first-order valence-electron chi connectivity index (χ1n) is 18.6. The second-order valence-corrected chi connectivity index (χ2v) is 14.3. The number of rotatable bonds is 9. The maximum absolute atomic E-state index is 13.6. The number of nitrogens with one attached hydrogen (secondary N) is 2. The highest BCUT2D eigenvalue weighted by molar-refractivity contribution is 6.02. The van der Waals surface area contributed by atoms with Crippen molar-refractivity contribution in [2.75, 3.05) is 13.1 Å². The van der Waals surface area contributed by atoms with Crippen molar-refractivity contribution in [1.29, 1.82) is 0 Å². The Morgan fingerprint density at radius 3 is 1.69 bits per heavy atom. The van der Waals surface area contributed by atoms with Gasteiger partial charge in [0, 0.05) is 25.2 Å². The van der Waals surface area contributed by atoms with E-state index in [9.17, 15) is 4.39 Å². The minimum Gasteiger partial charge on any atom is -0.307 e. The van der Waals surface area contributed by atoms with Gasteiger partial charge in [-0.1, -0.05) is 127 Å². The maximum atomic E-state index is 13.6. The fourth-order valence-corrected chi connectivity index (χ4v) is 7.88. The molecule has 0 fully saturated rings. The Morgan fingerprint density at radius 2 is 1.02 bits per heavy atom. The third-order valence-corrected chi connectivity index (χ3v) is 10.9. The second kappa shape index (κ2) is 14.7. The first-order valence-corrected chi connectivity index (χ1v) is 18.6. The molecular formula is C49H45FN2. The van der Waals surface area contributed by atoms with E-state index in [-0.39, 0.29) is 17.9 Å². The SMILES string of the molecule is Cc1ccc(C(C)NCC=C2c3ccccc3-c3cc(-c4ccc5c(c4)C(=CCNC(C)c4ccc(F)cc4)c4ccccc4CC5)ccc32)cc1. The molecule has 0 amide bonds. The number of hydrogen-bond donors (Lipinski definition) is 2. The molecule has 2 nitrogen and oxygen atoms in total. The minimum atomic E-state index is -0.207. The summed E-state index contributed by atoms with van der Waals surface area (Å²) in [7, 11) is 0. The highest BCUT2D eigenvalue weighted by atomic mass is 19.1. The minimum absolute atomic E-state index is 0.102. The Balaban J connectivity index is 1.10. The largest absolute Gasteiger partial charge is 0.307 e. The molecule has 258 valence electrons. The Bertz CT molecular complexity index is 2290. The van der Waals surface area contributed by atoms with E-state index in [2.05, 4.69) is 153 Å². The molecule has 0 heterocycles. The van der Waals surface area contributed by atoms with Gasteiger partial charge < -0.3 is 10.6 Å². The van der Waals surface area contributed by atoms with Crippen LogP contribution in [0.15, 0.2) is 146 Å². The van der Waals surface area contributed by atoms with Gasteiger partial charge in [0.1, 0.15) is 5.82 Å². The molecule has 6 aromatic rings. The fourth-order valence-electron chi connectivity index (χ4n) is 7.88. The molecular weight excluding hydrogens is 636 g/mol. The topological polar surface area (TPSA) is 24.1 Å². The lowest BCUT2D eigenvalue weighted by atomic mass is 9.90. The molecule has 8 rings (SSSR count). The lowest BCUT2D eigenvalue weighted by Gasteiger charge is -2.17. The van der Waals surface area contributed by atoms with Crippen molar-refractivity contribution in [2.45, 2.75) is 45.7 Å². The van der Waals surface area contributed by atoms with Gasteiger partial charge >= 0.3 is 0 Å². The normalized spacial score (nSPS) is 15.8. The molecule has 52 heavy (non-hydrogen) atoms. The molecule has 0 aromatic heterocycles. The van der Waals surface area contributed by atoms with Crippen molar-refractivity contribution in [3.05, 3.63) is 202 Å². The molecule has 0 aliphatic heterocycles. The summed E-state index contributed by atoms with van der Waals surface area (Å²) in [6.45, 7) is 7.99. The van der Waals surface area contributed by atoms with Crippen molar-refractivity contribution in [3.63, 3.8) is 0 Å². The summed E-state index contributed by atoms with van der Waals surface area (Å²) >= 11 is 0. The number of fused-ring (bicyclic) bond motifs is 5. The molecule has 2 N–H and O–H groups in total. The Kier molecular flexibility index (Phi) is 9.56. The Morgan fingerprint density at radius 1 is 0.519 bits per heavy atom. The van der Waals surface area contributed by atoms with E-state index in [4.69, 9.17) is 0 Å². The van der Waals surface area contributed by atoms with Crippen LogP contribution in [-0.4, -0.2) is 13.1 Å². The van der Waals surface area contributed by atoms with Crippen molar-refractivity contribution < 1.29 is 4.39 Å². The third-order valence-electron chi connectivity index (χ3n) is 10.9. The van der Waals surface area contributed by atoms with Gasteiger partial charge in [0.05, 0.1) is 0 Å². The van der Waals surface area contributed by atoms with E-state index >= 15 is 0 Å². The van der Waals surface area contributed by atoms with Gasteiger partial charge in [0.2, 0.25) is 0 Å². The lowest BCUT2D eigenvalue weighted by molar-refractivity contribution is 0.606. The zero-order valence-electron chi connectivity index (χ0n) is 30.2. The van der Waals surface area contributed by atoms with Crippen LogP contribution in [0.5, 0.6) is 0 Å². The molecule has 2 unspecified atom stereocenters. The van der Waals surface area contributed by atoms with Crippen LogP contribution in [0.1, 0.15) is 76.0 Å². The second-order valence-electron chi connectivity index (χ2n) is 14.3. The summed E-state index contributed by atoms with van der Waals surface area (Å²) in [5.41, 5.74) is 19.2. The van der Waals surface area contributed by atoms with Crippen molar-refractivity contribution >= 4 is 11.1 Å². The van der Waals surface area contributed by atoms with Gasteiger partial charge in [0.15, 0.2) is 0 Å². The molecule has 2 aliphatic rings. The Labute approximate surface area is 307 Å². The molecule has 2 aliphatic carbocycles. The van der Waals surface area contributed by atoms with Crippen LogP contribution in [0.2, 0.25) is 0 Å². The first-order chi connectivity index (χ1) is 25.4. The zero-order chi connectivity index (χ0) is 35.6. The van der Waals surface area contributed by atoms with Gasteiger partial charge in [-0.25, -0.2) is 4.39 Å². The quantitative estimate of drug-likeness (QED) is 0.159. The number of benzene rings is 6. The molecule has 0 saturated heterocycles. The van der Waals surface area contributed by atoms with Gasteiger partial charge in [-0.3, -0.25) is 0 Å². The van der Waals surface area contributed by atoms with E-state index in [1.54, 1.807) is 0 Å². The van der Waals surface area contributed by atoms with Crippen molar-refractivity contribution in [3.8, 4) is 22.3 Å². The highest BCUT2D eigenvalue weighted by Gasteiger charge is 2.24. The van der Waals surface area contributed by atoms with E-state index in [0.29, 0.717) is 6.54 Å². The van der Waals surface area contributed by atoms with Gasteiger partial charge in [-0.05, 0) is 136 Å². The smallest absolute Gasteiger partial charge is 0.123 e. The summed E-state index contributed by atoms with van der Waals surface area (Å²) in [6.07, 6.45) is 6.72. The summed E-state index contributed by atoms with van der Waals surface area (Å²) in [4.78, 5) is 0. The van der Waals surface area contributed by atoms with E-state index in [1.165, 1.54) is 90.0 Å². The summed E-state index contributed by atoms with van der Waals surface area (Å²) < 4.78 is 13.6. The number of hydrogen-bond acceptors (Lipinski definition) is 2. The van der Waals surface area contributed by atoms with Crippen molar-refractivity contribution in [2.24, 2.45) is 0 Å². The number of aryl methyl sites for hydroxylation is 3. The molecule has 6 aromatic carbocycles. The van der Waals surface area contributed by atoms with Crippen LogP contribution in [0.3, 0.4) is 0 Å². The molecule has 0 saturated carbocycles. The van der Waals surface area contributed by atoms with Gasteiger partial charge in [-0.2, -0.15) is 0 Å². The molecule has 3 heteroatoms. The van der Waals surface area contributed by atoms with Crippen LogP contribution in [0, 0.1) is 12.7 Å². The molecule has 2 atom stereocenters. The maximum Gasteiger partial charge on any atom is 0.123 e. The van der Waals surface area contributed by atoms with Crippen LogP contribution >= 0.6 is 0 Å². The van der Waals surface area contributed by atoms with Crippen LogP contribution in [0.4, 0.5) is 4.39 Å². The lowest BCUT2D eigenvalue weighted by Crippen LogP contribution is -2.19. The zero-order valence-corrected chi connectivity index (χ0v) is 30.2. The van der Waals surface area contributed by atoms with E-state index in [0.717, 1.165) is 24.9 Å². The standard InChI is InChI=1S/C49H45FN2/c1-32-12-14-35(15-13-32)33(2)52-29-27-47-43-10-6-7-11-44(43)49-31-40(22-25-45(47)49)39-19-18-38-17-16-37-8-4-5-9-42(37)46(48(38)30-39)26-28-51-34(3)36-20-23-41(50)24-21-36/h4-15,18-27,30-31,33-34,51-52H,16-17,28-29H2,1-3H3. The number of halogens is 1. The average Bonchev–Trinajstić information content (AvgIpc) is 3.39. The highest BCUT2D eigenvalue weighted by Crippen LogP contribution is 2.46. The predicted molar refractivity (Wildman–Crippen MR) is 216 cm³/mol. The summed E-state index contributed by atoms with van der Waals surface area (Å²) in [5.74, 6) is -0.207.